The van der Waals surface area contributed by atoms with Gasteiger partial charge in [0.25, 0.3) is 5.91 Å². The number of nitrogens with zero attached hydrogens (tertiary/aromatic N) is 1. The predicted molar refractivity (Wildman–Crippen MR) is 92.2 cm³/mol. The molecule has 0 N–H and O–H groups in total. The molecule has 1 atom stereocenters. The second-order valence-electron chi connectivity index (χ2n) is 6.26. The molecule has 6 heteroatoms. The van der Waals surface area contributed by atoms with Crippen LogP contribution in [0, 0.1) is 0 Å². The molecular weight excluding hydrogens is 322 g/mol. The van der Waals surface area contributed by atoms with Crippen molar-refractivity contribution in [1.29, 1.82) is 0 Å². The average Bonchev–Trinajstić information content (AvgIpc) is 2.91. The van der Waals surface area contributed by atoms with Gasteiger partial charge in [0, 0.05) is 19.2 Å². The van der Waals surface area contributed by atoms with Gasteiger partial charge < -0.3 is 19.1 Å². The van der Waals surface area contributed by atoms with E-state index in [0.29, 0.717) is 11.5 Å². The summed E-state index contributed by atoms with van der Waals surface area (Å²) >= 11 is 0. The summed E-state index contributed by atoms with van der Waals surface area (Å²) < 4.78 is 15.8. The van der Waals surface area contributed by atoms with Crippen LogP contribution in [-0.2, 0) is 14.3 Å². The molecule has 0 radical (unpaired) electrons. The summed E-state index contributed by atoms with van der Waals surface area (Å²) in [6.45, 7) is 3.32. The van der Waals surface area contributed by atoms with Gasteiger partial charge in [-0.1, -0.05) is 18.9 Å². The number of hydrogen-bond donors (Lipinski definition) is 0. The van der Waals surface area contributed by atoms with E-state index in [1.807, 2.05) is 6.07 Å². The third-order valence-electron chi connectivity index (χ3n) is 4.37. The highest BCUT2D eigenvalue weighted by Crippen LogP contribution is 2.32. The summed E-state index contributed by atoms with van der Waals surface area (Å²) in [4.78, 5) is 26.2. The first-order valence-corrected chi connectivity index (χ1v) is 8.70. The topological polar surface area (TPSA) is 65.1 Å². The number of rotatable bonds is 4. The molecule has 1 unspecified atom stereocenters. The Morgan fingerprint density at radius 3 is 2.60 bits per heavy atom. The Hall–Kier alpha value is -2.50. The summed E-state index contributed by atoms with van der Waals surface area (Å²) in [6.07, 6.45) is 6.50. The fourth-order valence-corrected chi connectivity index (χ4v) is 2.99. The second-order valence-corrected chi connectivity index (χ2v) is 6.26. The van der Waals surface area contributed by atoms with Crippen LogP contribution in [0.15, 0.2) is 24.3 Å². The summed E-state index contributed by atoms with van der Waals surface area (Å²) in [6, 6.07) is 5.40. The number of carbonyl (C=O) groups excluding carboxylic acids is 2. The van der Waals surface area contributed by atoms with Crippen molar-refractivity contribution in [3.8, 4) is 11.5 Å². The first-order valence-electron chi connectivity index (χ1n) is 8.70. The van der Waals surface area contributed by atoms with Crippen molar-refractivity contribution in [3.63, 3.8) is 0 Å². The molecule has 1 fully saturated rings. The van der Waals surface area contributed by atoms with Crippen LogP contribution in [0.3, 0.4) is 0 Å². The Kier molecular flexibility index (Phi) is 5.58. The number of esters is 1. The smallest absolute Gasteiger partial charge is 0.331 e. The molecule has 0 aromatic heterocycles. The lowest BCUT2D eigenvalue weighted by molar-refractivity contribution is -0.155. The van der Waals surface area contributed by atoms with Crippen molar-refractivity contribution in [2.45, 2.75) is 38.7 Å². The van der Waals surface area contributed by atoms with Crippen LogP contribution in [0.2, 0.25) is 0 Å². The molecular formula is C19H23NO5. The van der Waals surface area contributed by atoms with Crippen molar-refractivity contribution >= 4 is 18.0 Å². The lowest BCUT2D eigenvalue weighted by Crippen LogP contribution is -2.40. The third-order valence-corrected chi connectivity index (χ3v) is 4.37. The predicted octanol–water partition coefficient (Wildman–Crippen LogP) is 2.76. The highest BCUT2D eigenvalue weighted by molar-refractivity contribution is 5.90. The molecule has 0 saturated carbocycles. The summed E-state index contributed by atoms with van der Waals surface area (Å²) in [5.74, 6) is 0.691. The second kappa shape index (κ2) is 8.05. The number of hydrogen-bond acceptors (Lipinski definition) is 5. The number of likely N-dealkylation sites (tertiary alicyclic amines) is 1. The molecule has 2 heterocycles. The highest BCUT2D eigenvalue weighted by atomic mass is 16.7. The molecule has 1 amide bonds. The summed E-state index contributed by atoms with van der Waals surface area (Å²) in [5, 5.41) is 0. The molecule has 0 aliphatic carbocycles. The van der Waals surface area contributed by atoms with E-state index in [1.54, 1.807) is 30.0 Å². The molecule has 2 aliphatic heterocycles. The van der Waals surface area contributed by atoms with Gasteiger partial charge in [-0.2, -0.15) is 0 Å². The fraction of sp³-hybridized carbons (Fsp3) is 0.474. The van der Waals surface area contributed by atoms with E-state index in [1.165, 1.54) is 6.08 Å². The van der Waals surface area contributed by atoms with Crippen LogP contribution < -0.4 is 9.47 Å². The molecule has 1 aromatic carbocycles. The molecule has 0 bridgehead atoms. The first-order chi connectivity index (χ1) is 12.1. The van der Waals surface area contributed by atoms with Gasteiger partial charge in [0.1, 0.15) is 0 Å². The van der Waals surface area contributed by atoms with Crippen LogP contribution in [0.4, 0.5) is 0 Å². The Morgan fingerprint density at radius 1 is 1.12 bits per heavy atom. The number of ether oxygens (including phenoxy) is 3. The SMILES string of the molecule is CC(OC(=O)C=Cc1ccc2c(c1)OCO2)C(=O)N1CCCCCC1. The van der Waals surface area contributed by atoms with Gasteiger partial charge in [0.05, 0.1) is 0 Å². The quantitative estimate of drug-likeness (QED) is 0.620. The van der Waals surface area contributed by atoms with Crippen molar-refractivity contribution < 1.29 is 23.8 Å². The monoisotopic (exact) mass is 345 g/mol. The van der Waals surface area contributed by atoms with Gasteiger partial charge >= 0.3 is 5.97 Å². The minimum Gasteiger partial charge on any atom is -0.454 e. The van der Waals surface area contributed by atoms with Crippen LogP contribution in [0.25, 0.3) is 6.08 Å². The maximum absolute atomic E-state index is 12.4. The standard InChI is InChI=1S/C19H23NO5/c1-14(19(22)20-10-4-2-3-5-11-20)25-18(21)9-7-15-6-8-16-17(12-15)24-13-23-16/h6-9,12,14H,2-5,10-11,13H2,1H3. The van der Waals surface area contributed by atoms with Gasteiger partial charge in [-0.05, 0) is 43.5 Å². The summed E-state index contributed by atoms with van der Waals surface area (Å²) in [7, 11) is 0. The van der Waals surface area contributed by atoms with Gasteiger partial charge in [0.15, 0.2) is 17.6 Å². The van der Waals surface area contributed by atoms with E-state index in [0.717, 1.165) is 44.3 Å². The lowest BCUT2D eigenvalue weighted by atomic mass is 10.2. The van der Waals surface area contributed by atoms with E-state index < -0.39 is 12.1 Å². The Labute approximate surface area is 147 Å². The van der Waals surface area contributed by atoms with Crippen molar-refractivity contribution in [3.05, 3.63) is 29.8 Å². The zero-order valence-electron chi connectivity index (χ0n) is 14.4. The minimum absolute atomic E-state index is 0.119. The molecule has 134 valence electrons. The fourth-order valence-electron chi connectivity index (χ4n) is 2.99. The Morgan fingerprint density at radius 2 is 1.84 bits per heavy atom. The van der Waals surface area contributed by atoms with Crippen LogP contribution in [-0.4, -0.2) is 42.8 Å². The van der Waals surface area contributed by atoms with E-state index in [9.17, 15) is 9.59 Å². The highest BCUT2D eigenvalue weighted by Gasteiger charge is 2.23. The summed E-state index contributed by atoms with van der Waals surface area (Å²) in [5.41, 5.74) is 0.799. The normalized spacial score (nSPS) is 18.0. The van der Waals surface area contributed by atoms with Crippen molar-refractivity contribution in [2.75, 3.05) is 19.9 Å². The molecule has 6 nitrogen and oxygen atoms in total. The Balaban J connectivity index is 1.53. The van der Waals surface area contributed by atoms with Crippen LogP contribution in [0.5, 0.6) is 11.5 Å². The largest absolute Gasteiger partial charge is 0.454 e. The molecule has 2 aliphatic rings. The molecule has 25 heavy (non-hydrogen) atoms. The van der Waals surface area contributed by atoms with E-state index >= 15 is 0 Å². The Bertz CT molecular complexity index is 662. The van der Waals surface area contributed by atoms with Gasteiger partial charge in [-0.3, -0.25) is 4.79 Å². The molecule has 1 aromatic rings. The third kappa shape index (κ3) is 4.53. The molecule has 3 rings (SSSR count). The van der Waals surface area contributed by atoms with Crippen molar-refractivity contribution in [2.24, 2.45) is 0 Å². The lowest BCUT2D eigenvalue weighted by Gasteiger charge is -2.23. The van der Waals surface area contributed by atoms with Crippen LogP contribution >= 0.6 is 0 Å². The maximum Gasteiger partial charge on any atom is 0.331 e. The number of amides is 1. The first kappa shape index (κ1) is 17.3. The molecule has 1 saturated heterocycles. The minimum atomic E-state index is -0.771. The van der Waals surface area contributed by atoms with Crippen LogP contribution in [0.1, 0.15) is 38.2 Å². The van der Waals surface area contributed by atoms with Crippen molar-refractivity contribution in [1.82, 2.24) is 4.90 Å². The average molecular weight is 345 g/mol. The number of carbonyl (C=O) groups is 2. The van der Waals surface area contributed by atoms with Gasteiger partial charge in [0.2, 0.25) is 6.79 Å². The molecule has 0 spiro atoms. The van der Waals surface area contributed by atoms with E-state index in [4.69, 9.17) is 14.2 Å². The van der Waals surface area contributed by atoms with Gasteiger partial charge in [-0.15, -0.1) is 0 Å². The zero-order valence-corrected chi connectivity index (χ0v) is 14.4. The maximum atomic E-state index is 12.4. The number of benzene rings is 1. The van der Waals surface area contributed by atoms with E-state index in [-0.39, 0.29) is 12.7 Å². The number of fused-ring (bicyclic) bond motifs is 1. The van der Waals surface area contributed by atoms with E-state index in [2.05, 4.69) is 0 Å². The zero-order chi connectivity index (χ0) is 17.6. The van der Waals surface area contributed by atoms with Gasteiger partial charge in [-0.25, -0.2) is 4.79 Å².